The van der Waals surface area contributed by atoms with Gasteiger partial charge in [0.05, 0.1) is 36.9 Å². The minimum Gasteiger partial charge on any atom is -0.493 e. The number of nitrogen functional groups attached to an aromatic ring is 1. The molecule has 0 aliphatic heterocycles. The van der Waals surface area contributed by atoms with Gasteiger partial charge in [0, 0.05) is 6.54 Å². The first kappa shape index (κ1) is 22.6. The number of rotatable bonds is 10. The van der Waals surface area contributed by atoms with E-state index in [2.05, 4.69) is 15.0 Å². The molecule has 0 amide bonds. The Hall–Kier alpha value is -2.10. The van der Waals surface area contributed by atoms with E-state index in [1.54, 1.807) is 10.9 Å². The second-order valence-corrected chi connectivity index (χ2v) is 8.25. The van der Waals surface area contributed by atoms with Crippen LogP contribution in [0.2, 0.25) is 0 Å². The third-order valence-electron chi connectivity index (χ3n) is 3.81. The number of ether oxygens (including phenoxy) is 2. The number of alkyl halides is 3. The molecule has 2 N–H and O–H groups in total. The fourth-order valence-electron chi connectivity index (χ4n) is 2.58. The highest BCUT2D eigenvalue weighted by Crippen LogP contribution is 2.36. The summed E-state index contributed by atoms with van der Waals surface area (Å²) in [6, 6.07) is 7.60. The van der Waals surface area contributed by atoms with Gasteiger partial charge in [-0.2, -0.15) is 18.2 Å². The Bertz CT molecular complexity index is 986. The van der Waals surface area contributed by atoms with Crippen LogP contribution in [0.15, 0.2) is 40.5 Å². The number of nitrogens with two attached hydrogens (primary N) is 1. The molecule has 0 saturated carbocycles. The number of halogens is 3. The van der Waals surface area contributed by atoms with E-state index < -0.39 is 12.3 Å². The van der Waals surface area contributed by atoms with Gasteiger partial charge in [0.1, 0.15) is 16.3 Å². The first-order chi connectivity index (χ1) is 14.4. The number of fused-ring (bicyclic) bond motifs is 1. The minimum atomic E-state index is -4.15. The SMILES string of the molecule is CCOc1ccccc1Sc1nc(N)nc2c1ncn2CCOCPCC(F)(F)F. The Morgan fingerprint density at radius 2 is 2.03 bits per heavy atom. The lowest BCUT2D eigenvalue weighted by atomic mass is 10.3. The van der Waals surface area contributed by atoms with Gasteiger partial charge in [-0.05, 0) is 19.1 Å². The molecule has 0 spiro atoms. The van der Waals surface area contributed by atoms with Crippen LogP contribution in [-0.4, -0.2) is 51.4 Å². The number of para-hydroxylation sites is 1. The Morgan fingerprint density at radius 3 is 2.80 bits per heavy atom. The van der Waals surface area contributed by atoms with Crippen LogP contribution in [0.25, 0.3) is 11.2 Å². The molecule has 12 heteroatoms. The Balaban J connectivity index is 1.69. The number of hydrogen-bond donors (Lipinski definition) is 1. The van der Waals surface area contributed by atoms with Gasteiger partial charge >= 0.3 is 6.18 Å². The fraction of sp³-hybridized carbons (Fsp3) is 0.389. The number of imidazole rings is 1. The van der Waals surface area contributed by atoms with Crippen molar-refractivity contribution in [2.24, 2.45) is 0 Å². The van der Waals surface area contributed by atoms with E-state index in [1.807, 2.05) is 31.2 Å². The number of anilines is 1. The summed E-state index contributed by atoms with van der Waals surface area (Å²) >= 11 is 1.38. The summed E-state index contributed by atoms with van der Waals surface area (Å²) in [4.78, 5) is 13.9. The molecular formula is C18H21F3N5O2PS. The third-order valence-corrected chi connectivity index (χ3v) is 5.91. The van der Waals surface area contributed by atoms with Crippen molar-refractivity contribution in [3.05, 3.63) is 30.6 Å². The molecule has 7 nitrogen and oxygen atoms in total. The quantitative estimate of drug-likeness (QED) is 0.277. The lowest BCUT2D eigenvalue weighted by molar-refractivity contribution is -0.106. The van der Waals surface area contributed by atoms with E-state index in [-0.39, 0.29) is 27.5 Å². The Kier molecular flexibility index (Phi) is 7.74. The van der Waals surface area contributed by atoms with Crippen LogP contribution in [0.3, 0.4) is 0 Å². The number of benzene rings is 1. The maximum absolute atomic E-state index is 12.2. The predicted octanol–water partition coefficient (Wildman–Crippen LogP) is 4.17. The molecule has 1 aromatic carbocycles. The zero-order valence-electron chi connectivity index (χ0n) is 16.1. The first-order valence-corrected chi connectivity index (χ1v) is 11.3. The second-order valence-electron chi connectivity index (χ2n) is 6.07. The van der Waals surface area contributed by atoms with Crippen molar-refractivity contribution in [3.63, 3.8) is 0 Å². The van der Waals surface area contributed by atoms with Crippen molar-refractivity contribution in [3.8, 4) is 5.75 Å². The van der Waals surface area contributed by atoms with Crippen LogP contribution in [0.4, 0.5) is 19.1 Å². The van der Waals surface area contributed by atoms with Crippen LogP contribution >= 0.6 is 20.3 Å². The molecule has 1 atom stereocenters. The second kappa shape index (κ2) is 10.3. The summed E-state index contributed by atoms with van der Waals surface area (Å²) in [5.41, 5.74) is 7.02. The average Bonchev–Trinajstić information content (AvgIpc) is 3.08. The van der Waals surface area contributed by atoms with Crippen LogP contribution < -0.4 is 10.5 Å². The summed E-state index contributed by atoms with van der Waals surface area (Å²) in [6.07, 6.45) is -3.31. The van der Waals surface area contributed by atoms with Crippen molar-refractivity contribution in [1.29, 1.82) is 0 Å². The van der Waals surface area contributed by atoms with Crippen molar-refractivity contribution < 1.29 is 22.6 Å². The van der Waals surface area contributed by atoms with E-state index in [4.69, 9.17) is 15.2 Å². The molecule has 1 unspecified atom stereocenters. The fourth-order valence-corrected chi connectivity index (χ4v) is 4.22. The van der Waals surface area contributed by atoms with Crippen molar-refractivity contribution in [1.82, 2.24) is 19.5 Å². The maximum Gasteiger partial charge on any atom is 0.392 e. The molecule has 0 radical (unpaired) electrons. The Labute approximate surface area is 177 Å². The van der Waals surface area contributed by atoms with E-state index in [0.29, 0.717) is 29.3 Å². The average molecular weight is 459 g/mol. The molecule has 0 aliphatic carbocycles. The van der Waals surface area contributed by atoms with Crippen molar-refractivity contribution in [2.45, 2.75) is 29.6 Å². The molecule has 0 aliphatic rings. The van der Waals surface area contributed by atoms with E-state index >= 15 is 0 Å². The molecule has 162 valence electrons. The summed E-state index contributed by atoms with van der Waals surface area (Å²) in [5.74, 6) is 0.844. The lowest BCUT2D eigenvalue weighted by Gasteiger charge is -2.10. The van der Waals surface area contributed by atoms with Gasteiger partial charge in [0.2, 0.25) is 5.95 Å². The molecule has 0 bridgehead atoms. The smallest absolute Gasteiger partial charge is 0.392 e. The van der Waals surface area contributed by atoms with E-state index in [1.165, 1.54) is 11.8 Å². The van der Waals surface area contributed by atoms with Gasteiger partial charge in [0.15, 0.2) is 5.65 Å². The van der Waals surface area contributed by atoms with Crippen molar-refractivity contribution in [2.75, 3.05) is 31.5 Å². The van der Waals surface area contributed by atoms with Crippen LogP contribution in [0.1, 0.15) is 6.92 Å². The van der Waals surface area contributed by atoms with Gasteiger partial charge in [-0.25, -0.2) is 9.97 Å². The molecule has 0 saturated heterocycles. The molecular weight excluding hydrogens is 438 g/mol. The van der Waals surface area contributed by atoms with Crippen LogP contribution in [0, 0.1) is 0 Å². The topological polar surface area (TPSA) is 88.1 Å². The largest absolute Gasteiger partial charge is 0.493 e. The standard InChI is InChI=1S/C18H21F3N5O2PS/c1-2-28-12-5-3-4-6-13(12)30-16-14-15(24-17(22)25-16)26(10-23-14)7-8-27-11-29-9-18(19,20)21/h3-6,10,29H,2,7-9,11H2,1H3,(H2,22,24,25). The molecule has 30 heavy (non-hydrogen) atoms. The number of aromatic nitrogens is 4. The summed E-state index contributed by atoms with van der Waals surface area (Å²) in [6.45, 7) is 3.09. The molecule has 2 heterocycles. The Morgan fingerprint density at radius 1 is 1.23 bits per heavy atom. The van der Waals surface area contributed by atoms with Gasteiger partial charge in [-0.1, -0.05) is 32.5 Å². The predicted molar refractivity (Wildman–Crippen MR) is 112 cm³/mol. The highest BCUT2D eigenvalue weighted by molar-refractivity contribution is 7.99. The van der Waals surface area contributed by atoms with Crippen LogP contribution in [-0.2, 0) is 11.3 Å². The monoisotopic (exact) mass is 459 g/mol. The molecule has 2 aromatic heterocycles. The highest BCUT2D eigenvalue weighted by atomic mass is 32.2. The number of hydrogen-bond acceptors (Lipinski definition) is 7. The molecule has 3 rings (SSSR count). The lowest BCUT2D eigenvalue weighted by Crippen LogP contribution is -2.11. The van der Waals surface area contributed by atoms with Crippen molar-refractivity contribution >= 4 is 37.5 Å². The van der Waals surface area contributed by atoms with Gasteiger partial charge in [0.25, 0.3) is 0 Å². The summed E-state index contributed by atoms with van der Waals surface area (Å²) in [5, 5.41) is 0.594. The first-order valence-electron chi connectivity index (χ1n) is 9.10. The highest BCUT2D eigenvalue weighted by Gasteiger charge is 2.26. The van der Waals surface area contributed by atoms with Gasteiger partial charge in [-0.15, -0.1) is 0 Å². The van der Waals surface area contributed by atoms with Gasteiger partial charge in [-0.3, -0.25) is 0 Å². The summed E-state index contributed by atoms with van der Waals surface area (Å²) in [7, 11) is -0.315. The third kappa shape index (κ3) is 6.20. The maximum atomic E-state index is 12.2. The van der Waals surface area contributed by atoms with Crippen LogP contribution in [0.5, 0.6) is 5.75 Å². The zero-order valence-corrected chi connectivity index (χ0v) is 18.0. The zero-order chi connectivity index (χ0) is 21.6. The van der Waals surface area contributed by atoms with E-state index in [9.17, 15) is 13.2 Å². The number of nitrogens with zero attached hydrogens (tertiary/aromatic N) is 4. The summed E-state index contributed by atoms with van der Waals surface area (Å²) < 4.78 is 49.2. The van der Waals surface area contributed by atoms with Gasteiger partial charge < -0.3 is 19.8 Å². The normalized spacial score (nSPS) is 12.3. The van der Waals surface area contributed by atoms with E-state index in [0.717, 1.165) is 10.6 Å². The molecule has 3 aromatic rings. The molecule has 0 fully saturated rings. The minimum absolute atomic E-state index is 0.0680.